The zero-order chi connectivity index (χ0) is 27.0. The van der Waals surface area contributed by atoms with Gasteiger partial charge in [0.15, 0.2) is 17.3 Å². The molecule has 0 aromatic heterocycles. The van der Waals surface area contributed by atoms with Crippen LogP contribution in [0, 0.1) is 0 Å². The molecule has 0 spiro atoms. The molecule has 1 N–H and O–H groups in total. The molecule has 0 saturated carbocycles. The van der Waals surface area contributed by atoms with Crippen molar-refractivity contribution in [3.8, 4) is 5.75 Å². The fraction of sp³-hybridized carbons (Fsp3) is 0.345. The molecule has 0 fully saturated rings. The molecule has 0 bridgehead atoms. The van der Waals surface area contributed by atoms with Crippen LogP contribution >= 0.6 is 34.8 Å². The normalized spacial score (nSPS) is 18.0. The van der Waals surface area contributed by atoms with Gasteiger partial charge in [-0.1, -0.05) is 53.0 Å². The Balaban J connectivity index is 1.57. The Morgan fingerprint density at radius 2 is 1.47 bits per heavy atom. The van der Waals surface area contributed by atoms with Crippen LogP contribution in [-0.4, -0.2) is 34.1 Å². The van der Waals surface area contributed by atoms with E-state index in [-0.39, 0.29) is 41.2 Å². The second-order valence-corrected chi connectivity index (χ2v) is 10.9. The molecule has 38 heavy (non-hydrogen) atoms. The number of ether oxygens (including phenoxy) is 1. The average molecular weight is 575 g/mol. The van der Waals surface area contributed by atoms with Gasteiger partial charge in [-0.25, -0.2) is 0 Å². The van der Waals surface area contributed by atoms with Crippen molar-refractivity contribution in [2.45, 2.75) is 57.5 Å². The molecule has 0 unspecified atom stereocenters. The topological polar surface area (TPSA) is 83.9 Å². The molecule has 198 valence electrons. The first-order valence-corrected chi connectivity index (χ1v) is 13.8. The van der Waals surface area contributed by atoms with Crippen molar-refractivity contribution in [2.75, 3.05) is 6.54 Å². The van der Waals surface area contributed by atoms with E-state index in [0.717, 1.165) is 17.0 Å². The summed E-state index contributed by atoms with van der Waals surface area (Å²) >= 11 is 19.6. The molecule has 1 aliphatic heterocycles. The molecule has 2 aromatic rings. The molecular weight excluding hydrogens is 549 g/mol. The van der Waals surface area contributed by atoms with E-state index in [9.17, 15) is 19.5 Å². The van der Waals surface area contributed by atoms with Crippen LogP contribution in [0.25, 0.3) is 0 Å². The zero-order valence-electron chi connectivity index (χ0n) is 20.6. The van der Waals surface area contributed by atoms with Crippen molar-refractivity contribution in [3.63, 3.8) is 0 Å². The number of hydrogen-bond acceptors (Lipinski definition) is 5. The zero-order valence-corrected chi connectivity index (χ0v) is 22.8. The van der Waals surface area contributed by atoms with E-state index in [0.29, 0.717) is 66.0 Å². The molecule has 2 aliphatic carbocycles. The fourth-order valence-corrected chi connectivity index (χ4v) is 6.48. The van der Waals surface area contributed by atoms with Crippen LogP contribution in [0.4, 0.5) is 0 Å². The van der Waals surface area contributed by atoms with Crippen molar-refractivity contribution < 1.29 is 24.2 Å². The Labute approximate surface area is 235 Å². The average Bonchev–Trinajstić information content (AvgIpc) is 2.87. The lowest BCUT2D eigenvalue weighted by atomic mass is 9.71. The molecule has 2 aromatic carbocycles. The SMILES string of the molecule is O=C(O)CCN1C2=C(C(=O)CCC2)C(c2cc(Cl)c(OCc3ccccc3Cl)c(Cl)c2)C2=C1CCCC2=O. The summed E-state index contributed by atoms with van der Waals surface area (Å²) in [5.41, 5.74) is 4.15. The van der Waals surface area contributed by atoms with Gasteiger partial charge in [-0.2, -0.15) is 0 Å². The number of carboxylic acids is 1. The highest BCUT2D eigenvalue weighted by Crippen LogP contribution is 2.50. The van der Waals surface area contributed by atoms with Crippen molar-refractivity contribution >= 4 is 52.3 Å². The summed E-state index contributed by atoms with van der Waals surface area (Å²) in [7, 11) is 0. The molecule has 1 heterocycles. The van der Waals surface area contributed by atoms with Gasteiger partial charge < -0.3 is 14.7 Å². The molecule has 0 amide bonds. The molecule has 6 nitrogen and oxygen atoms in total. The minimum absolute atomic E-state index is 0.0345. The number of nitrogens with zero attached hydrogens (tertiary/aromatic N) is 1. The number of halogens is 3. The quantitative estimate of drug-likeness (QED) is 0.379. The van der Waals surface area contributed by atoms with Gasteiger partial charge in [0.2, 0.25) is 0 Å². The van der Waals surface area contributed by atoms with E-state index in [1.54, 1.807) is 18.2 Å². The third-order valence-electron chi connectivity index (χ3n) is 7.32. The Hall–Kier alpha value is -2.80. The maximum Gasteiger partial charge on any atom is 0.305 e. The smallest absolute Gasteiger partial charge is 0.305 e. The molecule has 0 atom stereocenters. The number of Topliss-reactive ketones (excluding diaryl/α,β-unsaturated/α-hetero) is 2. The number of carbonyl (C=O) groups is 3. The highest BCUT2D eigenvalue weighted by molar-refractivity contribution is 6.37. The largest absolute Gasteiger partial charge is 0.486 e. The van der Waals surface area contributed by atoms with Crippen LogP contribution in [0.2, 0.25) is 15.1 Å². The lowest BCUT2D eigenvalue weighted by Crippen LogP contribution is -2.39. The number of rotatable bonds is 7. The third kappa shape index (κ3) is 5.09. The van der Waals surface area contributed by atoms with Gasteiger partial charge >= 0.3 is 5.97 Å². The van der Waals surface area contributed by atoms with Crippen molar-refractivity contribution in [3.05, 3.63) is 85.1 Å². The van der Waals surface area contributed by atoms with Gasteiger partial charge in [0.1, 0.15) is 6.61 Å². The maximum atomic E-state index is 13.4. The van der Waals surface area contributed by atoms with Crippen LogP contribution in [-0.2, 0) is 21.0 Å². The van der Waals surface area contributed by atoms with Crippen LogP contribution in [0.15, 0.2) is 58.9 Å². The molecule has 0 saturated heterocycles. The summed E-state index contributed by atoms with van der Waals surface area (Å²) in [6.07, 6.45) is 3.31. The summed E-state index contributed by atoms with van der Waals surface area (Å²) in [6, 6.07) is 10.7. The number of ketones is 2. The van der Waals surface area contributed by atoms with Crippen LogP contribution in [0.1, 0.15) is 62.0 Å². The van der Waals surface area contributed by atoms with Crippen molar-refractivity contribution in [1.29, 1.82) is 0 Å². The number of aliphatic carboxylic acids is 1. The Bertz CT molecular complexity index is 1330. The van der Waals surface area contributed by atoms with Crippen molar-refractivity contribution in [2.24, 2.45) is 0 Å². The second-order valence-electron chi connectivity index (χ2n) is 9.70. The van der Waals surface area contributed by atoms with Gasteiger partial charge in [0, 0.05) is 58.4 Å². The molecule has 0 radical (unpaired) electrons. The highest BCUT2D eigenvalue weighted by atomic mass is 35.5. The van der Waals surface area contributed by atoms with E-state index in [2.05, 4.69) is 0 Å². The lowest BCUT2D eigenvalue weighted by molar-refractivity contribution is -0.137. The second kappa shape index (κ2) is 11.1. The first-order chi connectivity index (χ1) is 18.3. The van der Waals surface area contributed by atoms with Crippen LogP contribution < -0.4 is 4.74 Å². The monoisotopic (exact) mass is 573 g/mol. The minimum atomic E-state index is -0.924. The molecule has 3 aliphatic rings. The summed E-state index contributed by atoms with van der Waals surface area (Å²) in [6.45, 7) is 0.388. The fourth-order valence-electron chi connectivity index (χ4n) is 5.68. The first-order valence-electron chi connectivity index (χ1n) is 12.6. The third-order valence-corrected chi connectivity index (χ3v) is 8.25. The first kappa shape index (κ1) is 26.8. The van der Waals surface area contributed by atoms with Gasteiger partial charge in [-0.3, -0.25) is 14.4 Å². The minimum Gasteiger partial charge on any atom is -0.486 e. The molecule has 9 heteroatoms. The van der Waals surface area contributed by atoms with Gasteiger partial charge in [0.05, 0.1) is 16.5 Å². The standard InChI is InChI=1S/C29H26Cl3NO5/c30-18-6-2-1-5-16(18)15-38-29-19(31)13-17(14-20(29)32)26-27-21(7-3-9-23(27)34)33(12-11-25(36)37)22-8-4-10-24(35)28(22)26/h1-2,5-6,13-14,26H,3-4,7-12,15H2,(H,36,37). The van der Waals surface area contributed by atoms with E-state index < -0.39 is 11.9 Å². The Morgan fingerprint density at radius 1 is 0.895 bits per heavy atom. The molecular formula is C29H26Cl3NO5. The Morgan fingerprint density at radius 3 is 2.03 bits per heavy atom. The summed E-state index contributed by atoms with van der Waals surface area (Å²) in [5.74, 6) is -1.30. The summed E-state index contributed by atoms with van der Waals surface area (Å²) in [5, 5.41) is 10.4. The summed E-state index contributed by atoms with van der Waals surface area (Å²) in [4.78, 5) is 40.1. The van der Waals surface area contributed by atoms with E-state index in [4.69, 9.17) is 39.5 Å². The number of benzene rings is 2. The molecule has 5 rings (SSSR count). The van der Waals surface area contributed by atoms with Gasteiger partial charge in [-0.05, 0) is 49.4 Å². The van der Waals surface area contributed by atoms with E-state index in [1.165, 1.54) is 0 Å². The van der Waals surface area contributed by atoms with E-state index in [1.807, 2.05) is 23.1 Å². The van der Waals surface area contributed by atoms with Crippen LogP contribution in [0.3, 0.4) is 0 Å². The summed E-state index contributed by atoms with van der Waals surface area (Å²) < 4.78 is 5.93. The highest BCUT2D eigenvalue weighted by Gasteiger charge is 2.43. The number of hydrogen-bond donors (Lipinski definition) is 1. The van der Waals surface area contributed by atoms with Gasteiger partial charge in [-0.15, -0.1) is 0 Å². The lowest BCUT2D eigenvalue weighted by Gasteiger charge is -2.44. The predicted molar refractivity (Wildman–Crippen MR) is 146 cm³/mol. The number of carboxylic acid groups (broad SMARTS) is 1. The van der Waals surface area contributed by atoms with Gasteiger partial charge in [0.25, 0.3) is 0 Å². The maximum absolute atomic E-state index is 13.4. The Kier molecular flexibility index (Phi) is 7.85. The van der Waals surface area contributed by atoms with Crippen LogP contribution in [0.5, 0.6) is 5.75 Å². The number of carbonyl (C=O) groups excluding carboxylic acids is 2. The number of allylic oxidation sites excluding steroid dienone is 4. The van der Waals surface area contributed by atoms with Crippen molar-refractivity contribution in [1.82, 2.24) is 4.90 Å². The van der Waals surface area contributed by atoms with E-state index >= 15 is 0 Å². The predicted octanol–water partition coefficient (Wildman–Crippen LogP) is 7.11.